The number of rotatable bonds is 4. The summed E-state index contributed by atoms with van der Waals surface area (Å²) < 4.78 is 11.8. The van der Waals surface area contributed by atoms with Gasteiger partial charge >= 0.3 is 0 Å². The van der Waals surface area contributed by atoms with Crippen LogP contribution in [0.4, 0.5) is 0 Å². The summed E-state index contributed by atoms with van der Waals surface area (Å²) in [4.78, 5) is 9.93. The molecule has 0 radical (unpaired) electrons. The molecule has 5 N–H and O–H groups in total. The Balaban J connectivity index is 1.39. The highest BCUT2D eigenvalue weighted by Gasteiger charge is 2.48. The van der Waals surface area contributed by atoms with E-state index in [9.17, 15) is 10.2 Å². The minimum absolute atomic E-state index is 0.222. The van der Waals surface area contributed by atoms with Crippen LogP contribution in [0, 0.1) is 0 Å². The molecule has 4 rings (SSSR count). The molecule has 1 aliphatic carbocycles. The number of aliphatic hydroxyl groups is 2. The number of nitrogens with two attached hydrogens (primary N) is 1. The van der Waals surface area contributed by atoms with Crippen molar-refractivity contribution in [2.75, 3.05) is 6.61 Å². The van der Waals surface area contributed by atoms with Crippen molar-refractivity contribution in [3.05, 3.63) is 11.5 Å². The first kappa shape index (κ1) is 16.8. The molecule has 0 aromatic rings. The number of aliphatic hydroxyl groups excluding tert-OH is 2. The van der Waals surface area contributed by atoms with Crippen molar-refractivity contribution in [3.63, 3.8) is 0 Å². The molecule has 5 atom stereocenters. The Bertz CT molecular complexity index is 589. The molecule has 0 amide bonds. The van der Waals surface area contributed by atoms with Gasteiger partial charge in [-0.3, -0.25) is 0 Å². The van der Waals surface area contributed by atoms with Gasteiger partial charge in [0.1, 0.15) is 24.0 Å². The normalized spacial score (nSPS) is 38.3. The first-order valence-electron chi connectivity index (χ1n) is 8.88. The third-order valence-corrected chi connectivity index (χ3v) is 5.27. The summed E-state index contributed by atoms with van der Waals surface area (Å²) in [6.45, 7) is 0.273. The van der Waals surface area contributed by atoms with Crippen molar-refractivity contribution in [2.45, 2.75) is 68.9 Å². The van der Waals surface area contributed by atoms with E-state index in [2.05, 4.69) is 15.3 Å². The average Bonchev–Trinajstić information content (AvgIpc) is 3.18. The second kappa shape index (κ2) is 6.91. The van der Waals surface area contributed by atoms with Crippen LogP contribution in [0.2, 0.25) is 0 Å². The van der Waals surface area contributed by atoms with E-state index < -0.39 is 24.5 Å². The van der Waals surface area contributed by atoms with Gasteiger partial charge in [-0.25, -0.2) is 9.98 Å². The maximum Gasteiger partial charge on any atom is 0.162 e. The summed E-state index contributed by atoms with van der Waals surface area (Å²) in [5, 5.41) is 23.8. The molecule has 1 unspecified atom stereocenters. The second-order valence-electron chi connectivity index (χ2n) is 6.93. The lowest BCUT2D eigenvalue weighted by Crippen LogP contribution is -2.53. The second-order valence-corrected chi connectivity index (χ2v) is 6.93. The summed E-state index contributed by atoms with van der Waals surface area (Å²) in [5.41, 5.74) is 6.41. The van der Waals surface area contributed by atoms with E-state index in [1.807, 2.05) is 0 Å². The maximum absolute atomic E-state index is 10.4. The van der Waals surface area contributed by atoms with Gasteiger partial charge in [-0.05, 0) is 12.8 Å². The van der Waals surface area contributed by atoms with E-state index in [0.717, 1.165) is 12.8 Å². The Morgan fingerprint density at radius 2 is 2.04 bits per heavy atom. The van der Waals surface area contributed by atoms with E-state index in [1.54, 1.807) is 11.2 Å². The van der Waals surface area contributed by atoms with E-state index in [1.165, 1.54) is 25.6 Å². The fourth-order valence-electron chi connectivity index (χ4n) is 3.81. The summed E-state index contributed by atoms with van der Waals surface area (Å²) >= 11 is 0. The van der Waals surface area contributed by atoms with Gasteiger partial charge < -0.3 is 35.6 Å². The Morgan fingerprint density at radius 1 is 1.24 bits per heavy atom. The number of ether oxygens (including phenoxy) is 2. The number of fused-ring (bicyclic) bond motifs is 1. The smallest absolute Gasteiger partial charge is 0.162 e. The SMILES string of the molecule is NC1=C2N=CN([C@@H]3O[C@H](COC4CCCCC4)[C@@H](O)[C@H]3O)C2NC=N1. The van der Waals surface area contributed by atoms with Gasteiger partial charge in [-0.15, -0.1) is 0 Å². The van der Waals surface area contributed by atoms with Gasteiger partial charge in [0.05, 0.1) is 25.4 Å². The van der Waals surface area contributed by atoms with Gasteiger partial charge in [0.15, 0.2) is 18.2 Å². The van der Waals surface area contributed by atoms with Gasteiger partial charge in [0.25, 0.3) is 0 Å². The lowest BCUT2D eigenvalue weighted by atomic mass is 9.98. The summed E-state index contributed by atoms with van der Waals surface area (Å²) in [6.07, 6.45) is 5.25. The number of hydrogen-bond donors (Lipinski definition) is 4. The van der Waals surface area contributed by atoms with Gasteiger partial charge in [0, 0.05) is 0 Å². The van der Waals surface area contributed by atoms with Gasteiger partial charge in [0.2, 0.25) is 0 Å². The predicted octanol–water partition coefficient (Wildman–Crippen LogP) is -0.788. The zero-order chi connectivity index (χ0) is 17.4. The molecular weight excluding hydrogens is 326 g/mol. The van der Waals surface area contributed by atoms with Gasteiger partial charge in [-0.2, -0.15) is 0 Å². The molecule has 4 aliphatic rings. The van der Waals surface area contributed by atoms with Crippen LogP contribution in [0.5, 0.6) is 0 Å². The zero-order valence-corrected chi connectivity index (χ0v) is 14.0. The molecule has 0 bridgehead atoms. The fraction of sp³-hybridized carbons (Fsp3) is 0.750. The summed E-state index contributed by atoms with van der Waals surface area (Å²) in [6, 6.07) is 0. The van der Waals surface area contributed by atoms with Crippen molar-refractivity contribution in [1.29, 1.82) is 0 Å². The third kappa shape index (κ3) is 3.12. The third-order valence-electron chi connectivity index (χ3n) is 5.27. The lowest BCUT2D eigenvalue weighted by molar-refractivity contribution is -0.0994. The Hall–Kier alpha value is -1.68. The number of nitrogens with zero attached hydrogens (tertiary/aromatic N) is 3. The predicted molar refractivity (Wildman–Crippen MR) is 90.5 cm³/mol. The Morgan fingerprint density at radius 3 is 2.84 bits per heavy atom. The number of aliphatic imine (C=N–C) groups is 2. The first-order valence-corrected chi connectivity index (χ1v) is 8.88. The molecule has 2 fully saturated rings. The molecule has 25 heavy (non-hydrogen) atoms. The Kier molecular flexibility index (Phi) is 4.63. The molecule has 9 nitrogen and oxygen atoms in total. The van der Waals surface area contributed by atoms with Crippen LogP contribution in [-0.4, -0.2) is 71.2 Å². The number of hydrogen-bond acceptors (Lipinski definition) is 9. The van der Waals surface area contributed by atoms with Crippen LogP contribution in [0.3, 0.4) is 0 Å². The van der Waals surface area contributed by atoms with Gasteiger partial charge in [-0.1, -0.05) is 19.3 Å². The quantitative estimate of drug-likeness (QED) is 0.523. The monoisotopic (exact) mass is 351 g/mol. The van der Waals surface area contributed by atoms with E-state index in [4.69, 9.17) is 15.2 Å². The molecule has 0 aromatic heterocycles. The fourth-order valence-corrected chi connectivity index (χ4v) is 3.81. The zero-order valence-electron chi connectivity index (χ0n) is 14.0. The van der Waals surface area contributed by atoms with Crippen LogP contribution < -0.4 is 11.1 Å². The van der Waals surface area contributed by atoms with E-state index in [-0.39, 0.29) is 18.9 Å². The Labute approximate surface area is 146 Å². The van der Waals surface area contributed by atoms with Crippen LogP contribution >= 0.6 is 0 Å². The van der Waals surface area contributed by atoms with E-state index in [0.29, 0.717) is 11.5 Å². The van der Waals surface area contributed by atoms with E-state index >= 15 is 0 Å². The van der Waals surface area contributed by atoms with Crippen molar-refractivity contribution in [3.8, 4) is 0 Å². The van der Waals surface area contributed by atoms with Crippen molar-refractivity contribution >= 4 is 12.7 Å². The highest BCUT2D eigenvalue weighted by atomic mass is 16.6. The molecule has 0 spiro atoms. The minimum atomic E-state index is -1.06. The van der Waals surface area contributed by atoms with Crippen molar-refractivity contribution in [2.24, 2.45) is 15.7 Å². The maximum atomic E-state index is 10.4. The van der Waals surface area contributed by atoms with Crippen molar-refractivity contribution < 1.29 is 19.7 Å². The van der Waals surface area contributed by atoms with Crippen molar-refractivity contribution in [1.82, 2.24) is 10.2 Å². The van der Waals surface area contributed by atoms with Crippen LogP contribution in [0.1, 0.15) is 32.1 Å². The lowest BCUT2D eigenvalue weighted by Gasteiger charge is -2.32. The summed E-state index contributed by atoms with van der Waals surface area (Å²) in [7, 11) is 0. The molecule has 1 saturated heterocycles. The van der Waals surface area contributed by atoms with Crippen LogP contribution in [-0.2, 0) is 9.47 Å². The molecule has 1 saturated carbocycles. The molecular formula is C16H25N5O4. The molecule has 0 aromatic carbocycles. The summed E-state index contributed by atoms with van der Waals surface area (Å²) in [5.74, 6) is 0.327. The molecule has 3 aliphatic heterocycles. The standard InChI is InChI=1S/C16H25N5O4/c17-14-11-15(19-7-18-14)21(8-20-11)16-13(23)12(22)10(25-16)6-24-9-4-2-1-3-5-9/h7-10,12-13,15-16,22-23H,1-6,17H2,(H,18,19)/t10-,12-,13-,15?,16-/m1/s1. The highest BCUT2D eigenvalue weighted by Crippen LogP contribution is 2.30. The molecule has 9 heteroatoms. The minimum Gasteiger partial charge on any atom is -0.387 e. The first-order chi connectivity index (χ1) is 12.1. The largest absolute Gasteiger partial charge is 0.387 e. The molecule has 138 valence electrons. The highest BCUT2D eigenvalue weighted by molar-refractivity contribution is 5.69. The topological polar surface area (TPSA) is 125 Å². The molecule has 3 heterocycles. The van der Waals surface area contributed by atoms with Crippen LogP contribution in [0.25, 0.3) is 0 Å². The number of nitrogens with one attached hydrogen (secondary N) is 1. The van der Waals surface area contributed by atoms with Crippen LogP contribution in [0.15, 0.2) is 21.5 Å². The average molecular weight is 351 g/mol.